The maximum atomic E-state index is 5.55. The summed E-state index contributed by atoms with van der Waals surface area (Å²) >= 11 is 0. The fourth-order valence-corrected chi connectivity index (χ4v) is 2.98. The van der Waals surface area contributed by atoms with E-state index in [-0.39, 0.29) is 0 Å². The van der Waals surface area contributed by atoms with Crippen LogP contribution in [-0.4, -0.2) is 58.1 Å². The lowest BCUT2D eigenvalue weighted by molar-refractivity contribution is 0.208. The number of rotatable bonds is 7. The molecule has 1 aromatic heterocycles. The van der Waals surface area contributed by atoms with E-state index in [0.717, 1.165) is 37.9 Å². The molecule has 1 aromatic rings. The molecule has 0 saturated carbocycles. The minimum atomic E-state index is 0.670. The van der Waals surface area contributed by atoms with Gasteiger partial charge in [-0.1, -0.05) is 13.8 Å². The van der Waals surface area contributed by atoms with Gasteiger partial charge in [0.1, 0.15) is 0 Å². The summed E-state index contributed by atoms with van der Waals surface area (Å²) in [5.74, 6) is 0. The topological polar surface area (TPSA) is 50.3 Å². The zero-order valence-electron chi connectivity index (χ0n) is 12.3. The van der Waals surface area contributed by atoms with Gasteiger partial charge in [0, 0.05) is 45.0 Å². The molecule has 19 heavy (non-hydrogen) atoms. The van der Waals surface area contributed by atoms with Crippen molar-refractivity contribution in [3.05, 3.63) is 18.2 Å². The van der Waals surface area contributed by atoms with Crippen molar-refractivity contribution < 1.29 is 0 Å². The Morgan fingerprint density at radius 3 is 2.89 bits per heavy atom. The molecule has 0 spiro atoms. The van der Waals surface area contributed by atoms with Crippen LogP contribution in [0.15, 0.2) is 12.5 Å². The summed E-state index contributed by atoms with van der Waals surface area (Å²) in [5, 5.41) is 0. The standard InChI is InChI=1S/C14H27N5/c1-3-19(4-2)14-5-7-17(11-14)9-13-10-18(8-6-15)12-16-13/h10,12,14H,3-9,11,15H2,1-2H3. The summed E-state index contributed by atoms with van der Waals surface area (Å²) in [6, 6.07) is 0.723. The molecule has 2 heterocycles. The summed E-state index contributed by atoms with van der Waals surface area (Å²) < 4.78 is 2.08. The van der Waals surface area contributed by atoms with E-state index in [1.807, 2.05) is 6.33 Å². The molecule has 108 valence electrons. The van der Waals surface area contributed by atoms with Crippen LogP contribution in [0.2, 0.25) is 0 Å². The van der Waals surface area contributed by atoms with Crippen LogP contribution in [0.3, 0.4) is 0 Å². The number of likely N-dealkylation sites (N-methyl/N-ethyl adjacent to an activating group) is 1. The second-order valence-corrected chi connectivity index (χ2v) is 5.29. The maximum absolute atomic E-state index is 5.55. The van der Waals surface area contributed by atoms with Gasteiger partial charge in [0.05, 0.1) is 12.0 Å². The van der Waals surface area contributed by atoms with Crippen LogP contribution in [0.1, 0.15) is 26.0 Å². The Bertz CT molecular complexity index is 372. The fraction of sp³-hybridized carbons (Fsp3) is 0.786. The Morgan fingerprint density at radius 1 is 1.42 bits per heavy atom. The van der Waals surface area contributed by atoms with E-state index in [1.165, 1.54) is 19.5 Å². The summed E-state index contributed by atoms with van der Waals surface area (Å²) in [4.78, 5) is 9.54. The Balaban J connectivity index is 1.83. The van der Waals surface area contributed by atoms with E-state index in [2.05, 4.69) is 39.4 Å². The minimum absolute atomic E-state index is 0.670. The number of nitrogens with two attached hydrogens (primary N) is 1. The van der Waals surface area contributed by atoms with Crippen molar-refractivity contribution in [1.29, 1.82) is 0 Å². The predicted molar refractivity (Wildman–Crippen MR) is 77.9 cm³/mol. The van der Waals surface area contributed by atoms with Gasteiger partial charge in [-0.25, -0.2) is 4.98 Å². The fourth-order valence-electron chi connectivity index (χ4n) is 2.98. The van der Waals surface area contributed by atoms with Gasteiger partial charge in [0.25, 0.3) is 0 Å². The number of nitrogens with zero attached hydrogens (tertiary/aromatic N) is 4. The quantitative estimate of drug-likeness (QED) is 0.791. The van der Waals surface area contributed by atoms with E-state index in [0.29, 0.717) is 6.54 Å². The number of hydrogen-bond donors (Lipinski definition) is 1. The minimum Gasteiger partial charge on any atom is -0.336 e. The van der Waals surface area contributed by atoms with Gasteiger partial charge >= 0.3 is 0 Å². The third-order valence-electron chi connectivity index (χ3n) is 4.04. The molecule has 1 fully saturated rings. The Labute approximate surface area is 116 Å². The van der Waals surface area contributed by atoms with Crippen molar-refractivity contribution in [2.45, 2.75) is 39.4 Å². The molecule has 2 N–H and O–H groups in total. The third-order valence-corrected chi connectivity index (χ3v) is 4.04. The van der Waals surface area contributed by atoms with Crippen molar-refractivity contribution in [1.82, 2.24) is 19.4 Å². The summed E-state index contributed by atoms with van der Waals surface area (Å²) in [6.07, 6.45) is 5.29. The smallest absolute Gasteiger partial charge is 0.0950 e. The average Bonchev–Trinajstić information content (AvgIpc) is 3.02. The number of aromatic nitrogens is 2. The number of imidazole rings is 1. The van der Waals surface area contributed by atoms with E-state index >= 15 is 0 Å². The first-order valence-corrected chi connectivity index (χ1v) is 7.43. The molecule has 1 aliphatic heterocycles. The van der Waals surface area contributed by atoms with Gasteiger partial charge in [0.2, 0.25) is 0 Å². The van der Waals surface area contributed by atoms with Crippen LogP contribution in [-0.2, 0) is 13.1 Å². The molecule has 5 nitrogen and oxygen atoms in total. The second-order valence-electron chi connectivity index (χ2n) is 5.29. The molecule has 1 saturated heterocycles. The van der Waals surface area contributed by atoms with Crippen molar-refractivity contribution in [2.24, 2.45) is 5.73 Å². The van der Waals surface area contributed by atoms with Crippen molar-refractivity contribution >= 4 is 0 Å². The normalized spacial score (nSPS) is 20.5. The van der Waals surface area contributed by atoms with Crippen LogP contribution in [0.25, 0.3) is 0 Å². The molecule has 0 radical (unpaired) electrons. The average molecular weight is 265 g/mol. The van der Waals surface area contributed by atoms with Crippen LogP contribution in [0.4, 0.5) is 0 Å². The van der Waals surface area contributed by atoms with Crippen LogP contribution >= 0.6 is 0 Å². The van der Waals surface area contributed by atoms with Gasteiger partial charge in [-0.05, 0) is 19.5 Å². The Hall–Kier alpha value is -0.910. The molecule has 0 bridgehead atoms. The summed E-state index contributed by atoms with van der Waals surface area (Å²) in [7, 11) is 0. The predicted octanol–water partition coefficient (Wildman–Crippen LogP) is 0.758. The van der Waals surface area contributed by atoms with Crippen LogP contribution in [0, 0.1) is 0 Å². The van der Waals surface area contributed by atoms with E-state index in [4.69, 9.17) is 5.73 Å². The molecule has 5 heteroatoms. The highest BCUT2D eigenvalue weighted by atomic mass is 15.3. The first-order valence-electron chi connectivity index (χ1n) is 7.43. The maximum Gasteiger partial charge on any atom is 0.0950 e. The molecular formula is C14H27N5. The molecule has 1 atom stereocenters. The van der Waals surface area contributed by atoms with E-state index in [9.17, 15) is 0 Å². The molecule has 0 aromatic carbocycles. The molecule has 0 aliphatic carbocycles. The third kappa shape index (κ3) is 3.78. The van der Waals surface area contributed by atoms with Gasteiger partial charge < -0.3 is 10.3 Å². The second kappa shape index (κ2) is 7.03. The van der Waals surface area contributed by atoms with Crippen molar-refractivity contribution in [3.8, 4) is 0 Å². The van der Waals surface area contributed by atoms with Crippen molar-refractivity contribution in [2.75, 3.05) is 32.7 Å². The first-order chi connectivity index (χ1) is 9.26. The Morgan fingerprint density at radius 2 is 2.21 bits per heavy atom. The van der Waals surface area contributed by atoms with E-state index < -0.39 is 0 Å². The van der Waals surface area contributed by atoms with Crippen LogP contribution < -0.4 is 5.73 Å². The lowest BCUT2D eigenvalue weighted by Crippen LogP contribution is -2.37. The monoisotopic (exact) mass is 265 g/mol. The zero-order chi connectivity index (χ0) is 13.7. The number of hydrogen-bond acceptors (Lipinski definition) is 4. The largest absolute Gasteiger partial charge is 0.336 e. The summed E-state index contributed by atoms with van der Waals surface area (Å²) in [6.45, 7) is 11.7. The van der Waals surface area contributed by atoms with Crippen LogP contribution in [0.5, 0.6) is 0 Å². The molecule has 0 amide bonds. The molecular weight excluding hydrogens is 238 g/mol. The highest BCUT2D eigenvalue weighted by Crippen LogP contribution is 2.17. The molecule has 1 unspecified atom stereocenters. The summed E-state index contributed by atoms with van der Waals surface area (Å²) in [5.41, 5.74) is 6.71. The first kappa shape index (κ1) is 14.5. The SMILES string of the molecule is CCN(CC)C1CCN(Cc2cn(CCN)cn2)C1. The highest BCUT2D eigenvalue weighted by Gasteiger charge is 2.26. The Kier molecular flexibility index (Phi) is 5.36. The van der Waals surface area contributed by atoms with Gasteiger partial charge in [0.15, 0.2) is 0 Å². The van der Waals surface area contributed by atoms with Gasteiger partial charge in [-0.15, -0.1) is 0 Å². The lowest BCUT2D eigenvalue weighted by Gasteiger charge is -2.26. The van der Waals surface area contributed by atoms with Gasteiger partial charge in [-0.2, -0.15) is 0 Å². The number of likely N-dealkylation sites (tertiary alicyclic amines) is 1. The van der Waals surface area contributed by atoms with Crippen molar-refractivity contribution in [3.63, 3.8) is 0 Å². The molecule has 1 aliphatic rings. The van der Waals surface area contributed by atoms with Gasteiger partial charge in [-0.3, -0.25) is 9.80 Å². The van der Waals surface area contributed by atoms with E-state index in [1.54, 1.807) is 0 Å². The zero-order valence-corrected chi connectivity index (χ0v) is 12.3. The lowest BCUT2D eigenvalue weighted by atomic mass is 10.2. The molecule has 2 rings (SSSR count). The highest BCUT2D eigenvalue weighted by molar-refractivity contribution is 4.98.